The molecule has 0 saturated heterocycles. The van der Waals surface area contributed by atoms with Gasteiger partial charge in [-0.2, -0.15) is 0 Å². The van der Waals surface area contributed by atoms with Gasteiger partial charge >= 0.3 is 0 Å². The molecule has 1 aliphatic heterocycles. The third-order valence-electron chi connectivity index (χ3n) is 3.14. The van der Waals surface area contributed by atoms with Crippen LogP contribution in [0.3, 0.4) is 0 Å². The summed E-state index contributed by atoms with van der Waals surface area (Å²) in [6, 6.07) is 8.20. The lowest BCUT2D eigenvalue weighted by atomic mass is 9.96. The SMILES string of the molecule is CC1=C(O)[C@](C)(Cc2ccc(C)cc2)SC1=O. The van der Waals surface area contributed by atoms with Crippen LogP contribution in [0, 0.1) is 6.92 Å². The number of aliphatic hydroxyl groups excluding tert-OH is 1. The minimum atomic E-state index is -0.504. The lowest BCUT2D eigenvalue weighted by Crippen LogP contribution is -2.23. The minimum Gasteiger partial charge on any atom is -0.510 e. The molecule has 3 heteroatoms. The third kappa shape index (κ3) is 2.25. The molecule has 17 heavy (non-hydrogen) atoms. The van der Waals surface area contributed by atoms with Crippen molar-refractivity contribution in [3.63, 3.8) is 0 Å². The van der Waals surface area contributed by atoms with Gasteiger partial charge in [0.2, 0.25) is 5.12 Å². The fourth-order valence-electron chi connectivity index (χ4n) is 2.04. The van der Waals surface area contributed by atoms with Crippen molar-refractivity contribution in [2.45, 2.75) is 31.9 Å². The lowest BCUT2D eigenvalue weighted by Gasteiger charge is -2.22. The average Bonchev–Trinajstić information content (AvgIpc) is 2.47. The van der Waals surface area contributed by atoms with E-state index in [1.165, 1.54) is 17.3 Å². The van der Waals surface area contributed by atoms with E-state index in [0.717, 1.165) is 5.56 Å². The van der Waals surface area contributed by atoms with Gasteiger partial charge in [0.05, 0.1) is 4.75 Å². The van der Waals surface area contributed by atoms with Crippen molar-refractivity contribution < 1.29 is 9.90 Å². The summed E-state index contributed by atoms with van der Waals surface area (Å²) < 4.78 is -0.504. The monoisotopic (exact) mass is 248 g/mol. The van der Waals surface area contributed by atoms with Crippen LogP contribution in [0.2, 0.25) is 0 Å². The number of carbonyl (C=O) groups is 1. The number of aryl methyl sites for hydroxylation is 1. The molecule has 0 amide bonds. The van der Waals surface area contributed by atoms with Crippen LogP contribution in [-0.4, -0.2) is 15.0 Å². The molecule has 90 valence electrons. The van der Waals surface area contributed by atoms with Crippen LogP contribution in [0.5, 0.6) is 0 Å². The summed E-state index contributed by atoms with van der Waals surface area (Å²) in [5.41, 5.74) is 2.84. The minimum absolute atomic E-state index is 0.0166. The van der Waals surface area contributed by atoms with Gasteiger partial charge in [-0.1, -0.05) is 41.6 Å². The van der Waals surface area contributed by atoms with Gasteiger partial charge in [-0.25, -0.2) is 0 Å². The molecular formula is C14H16O2S. The topological polar surface area (TPSA) is 37.3 Å². The molecule has 0 spiro atoms. The highest BCUT2D eigenvalue weighted by Crippen LogP contribution is 2.44. The Bertz CT molecular complexity index is 487. The summed E-state index contributed by atoms with van der Waals surface area (Å²) in [5, 5.41) is 10.0. The second kappa shape index (κ2) is 4.22. The quantitative estimate of drug-likeness (QED) is 0.871. The van der Waals surface area contributed by atoms with Gasteiger partial charge in [0.15, 0.2) is 0 Å². The van der Waals surface area contributed by atoms with Crippen molar-refractivity contribution in [2.75, 3.05) is 0 Å². The molecule has 0 bridgehead atoms. The van der Waals surface area contributed by atoms with E-state index in [0.29, 0.717) is 12.0 Å². The molecule has 0 radical (unpaired) electrons. The van der Waals surface area contributed by atoms with E-state index in [4.69, 9.17) is 0 Å². The molecule has 1 aromatic carbocycles. The molecule has 1 N–H and O–H groups in total. The van der Waals surface area contributed by atoms with E-state index in [9.17, 15) is 9.90 Å². The molecule has 0 unspecified atom stereocenters. The van der Waals surface area contributed by atoms with E-state index in [2.05, 4.69) is 0 Å². The fourth-order valence-corrected chi connectivity index (χ4v) is 3.19. The first-order valence-electron chi connectivity index (χ1n) is 5.61. The van der Waals surface area contributed by atoms with Crippen molar-refractivity contribution in [1.29, 1.82) is 0 Å². The predicted molar refractivity (Wildman–Crippen MR) is 71.2 cm³/mol. The van der Waals surface area contributed by atoms with Crippen molar-refractivity contribution in [1.82, 2.24) is 0 Å². The van der Waals surface area contributed by atoms with Crippen LogP contribution in [-0.2, 0) is 11.2 Å². The number of carbonyl (C=O) groups excluding carboxylic acids is 1. The van der Waals surface area contributed by atoms with Crippen molar-refractivity contribution in [3.8, 4) is 0 Å². The number of aliphatic hydroxyl groups is 1. The van der Waals surface area contributed by atoms with E-state index in [-0.39, 0.29) is 10.9 Å². The molecule has 2 nitrogen and oxygen atoms in total. The lowest BCUT2D eigenvalue weighted by molar-refractivity contribution is -0.107. The molecular weight excluding hydrogens is 232 g/mol. The Morgan fingerprint density at radius 2 is 1.82 bits per heavy atom. The average molecular weight is 248 g/mol. The maximum absolute atomic E-state index is 11.6. The van der Waals surface area contributed by atoms with Gasteiger partial charge in [-0.15, -0.1) is 0 Å². The normalized spacial score (nSPS) is 24.5. The largest absolute Gasteiger partial charge is 0.510 e. The molecule has 0 saturated carbocycles. The summed E-state index contributed by atoms with van der Waals surface area (Å²) >= 11 is 1.22. The number of benzene rings is 1. The fraction of sp³-hybridized carbons (Fsp3) is 0.357. The molecule has 0 aliphatic carbocycles. The summed E-state index contributed by atoms with van der Waals surface area (Å²) in [4.78, 5) is 11.6. The van der Waals surface area contributed by atoms with Gasteiger partial charge in [-0.3, -0.25) is 4.79 Å². The van der Waals surface area contributed by atoms with Gasteiger partial charge in [0, 0.05) is 5.57 Å². The summed E-state index contributed by atoms with van der Waals surface area (Å²) in [6.45, 7) is 5.65. The van der Waals surface area contributed by atoms with Crippen LogP contribution in [0.4, 0.5) is 0 Å². The molecule has 1 aliphatic rings. The first kappa shape index (κ1) is 12.2. The highest BCUT2D eigenvalue weighted by atomic mass is 32.2. The number of hydrogen-bond donors (Lipinski definition) is 1. The molecule has 1 atom stereocenters. The van der Waals surface area contributed by atoms with E-state index in [1.807, 2.05) is 38.1 Å². The van der Waals surface area contributed by atoms with Crippen LogP contribution >= 0.6 is 11.8 Å². The second-order valence-corrected chi connectivity index (χ2v) is 6.23. The second-order valence-electron chi connectivity index (χ2n) is 4.76. The van der Waals surface area contributed by atoms with Crippen LogP contribution in [0.1, 0.15) is 25.0 Å². The summed E-state index contributed by atoms with van der Waals surface area (Å²) in [6.07, 6.45) is 0.673. The maximum Gasteiger partial charge on any atom is 0.219 e. The highest BCUT2D eigenvalue weighted by molar-refractivity contribution is 8.15. The molecule has 1 aromatic rings. The van der Waals surface area contributed by atoms with Crippen LogP contribution in [0.25, 0.3) is 0 Å². The first-order valence-corrected chi connectivity index (χ1v) is 6.43. The zero-order chi connectivity index (χ0) is 12.6. The molecule has 0 aromatic heterocycles. The number of thioether (sulfide) groups is 1. The molecule has 2 rings (SSSR count). The Morgan fingerprint density at radius 1 is 1.24 bits per heavy atom. The van der Waals surface area contributed by atoms with Crippen molar-refractivity contribution in [2.24, 2.45) is 0 Å². The third-order valence-corrected chi connectivity index (χ3v) is 4.42. The Hall–Kier alpha value is -1.22. The first-order chi connectivity index (χ1) is 7.92. The molecule has 0 fully saturated rings. The van der Waals surface area contributed by atoms with Gasteiger partial charge in [0.25, 0.3) is 0 Å². The Morgan fingerprint density at radius 3 is 2.29 bits per heavy atom. The zero-order valence-electron chi connectivity index (χ0n) is 10.3. The standard InChI is InChI=1S/C14H16O2S/c1-9-4-6-11(7-5-9)8-14(3)12(15)10(2)13(16)17-14/h4-7,15H,8H2,1-3H3/t14-/m0/s1. The van der Waals surface area contributed by atoms with Gasteiger partial charge in [0.1, 0.15) is 5.76 Å². The predicted octanol–water partition coefficient (Wildman–Crippen LogP) is 3.40. The number of rotatable bonds is 2. The summed E-state index contributed by atoms with van der Waals surface area (Å²) in [5.74, 6) is 0.230. The van der Waals surface area contributed by atoms with Crippen LogP contribution in [0.15, 0.2) is 35.6 Å². The van der Waals surface area contributed by atoms with Crippen molar-refractivity contribution >= 4 is 16.9 Å². The van der Waals surface area contributed by atoms with Crippen LogP contribution < -0.4 is 0 Å². The van der Waals surface area contributed by atoms with E-state index in [1.54, 1.807) is 6.92 Å². The Kier molecular flexibility index (Phi) is 3.04. The van der Waals surface area contributed by atoms with Crippen molar-refractivity contribution in [3.05, 3.63) is 46.7 Å². The van der Waals surface area contributed by atoms with E-state index >= 15 is 0 Å². The summed E-state index contributed by atoms with van der Waals surface area (Å²) in [7, 11) is 0. The Balaban J connectivity index is 2.25. The molecule has 1 heterocycles. The Labute approximate surface area is 106 Å². The zero-order valence-corrected chi connectivity index (χ0v) is 11.1. The number of hydrogen-bond acceptors (Lipinski definition) is 3. The highest BCUT2D eigenvalue weighted by Gasteiger charge is 2.41. The van der Waals surface area contributed by atoms with Gasteiger partial charge < -0.3 is 5.11 Å². The maximum atomic E-state index is 11.6. The van der Waals surface area contributed by atoms with E-state index < -0.39 is 4.75 Å². The smallest absolute Gasteiger partial charge is 0.219 e. The van der Waals surface area contributed by atoms with Gasteiger partial charge in [-0.05, 0) is 32.8 Å².